The fourth-order valence-corrected chi connectivity index (χ4v) is 3.31. The van der Waals surface area contributed by atoms with Crippen molar-refractivity contribution in [3.63, 3.8) is 0 Å². The Bertz CT molecular complexity index is 795. The second-order valence-corrected chi connectivity index (χ2v) is 7.03. The zero-order valence-electron chi connectivity index (χ0n) is 14.0. The van der Waals surface area contributed by atoms with Crippen LogP contribution in [-0.2, 0) is 6.61 Å². The van der Waals surface area contributed by atoms with Gasteiger partial charge in [0, 0.05) is 0 Å². The molecule has 0 saturated heterocycles. The highest BCUT2D eigenvalue weighted by atomic mass is 79.9. The Morgan fingerprint density at radius 3 is 2.08 bits per heavy atom. The highest BCUT2D eigenvalue weighted by molar-refractivity contribution is 9.10. The highest BCUT2D eigenvalue weighted by Gasteiger charge is 2.14. The van der Waals surface area contributed by atoms with Crippen molar-refractivity contribution in [3.05, 3.63) is 88.4 Å². The van der Waals surface area contributed by atoms with Crippen LogP contribution in [0.2, 0.25) is 0 Å². The summed E-state index contributed by atoms with van der Waals surface area (Å²) in [4.78, 5) is 0. The van der Waals surface area contributed by atoms with Crippen molar-refractivity contribution in [1.29, 1.82) is 0 Å². The summed E-state index contributed by atoms with van der Waals surface area (Å²) in [7, 11) is 0. The molecule has 1 nitrogen and oxygen atoms in total. The summed E-state index contributed by atoms with van der Waals surface area (Å²) in [6.07, 6.45) is 0. The first kappa shape index (κ1) is 16.8. The zero-order valence-corrected chi connectivity index (χ0v) is 15.6. The van der Waals surface area contributed by atoms with Gasteiger partial charge in [0.25, 0.3) is 0 Å². The first-order chi connectivity index (χ1) is 11.6. The van der Waals surface area contributed by atoms with Gasteiger partial charge < -0.3 is 4.74 Å². The molecule has 0 radical (unpaired) electrons. The van der Waals surface area contributed by atoms with Crippen LogP contribution in [0.15, 0.2) is 77.3 Å². The maximum absolute atomic E-state index is 6.16. The topological polar surface area (TPSA) is 9.23 Å². The van der Waals surface area contributed by atoms with Crippen LogP contribution in [0.25, 0.3) is 11.1 Å². The molecule has 24 heavy (non-hydrogen) atoms. The van der Waals surface area contributed by atoms with Crippen LogP contribution < -0.4 is 4.74 Å². The third-order valence-electron chi connectivity index (χ3n) is 4.03. The van der Waals surface area contributed by atoms with Gasteiger partial charge >= 0.3 is 0 Å². The number of ether oxygens (including phenoxy) is 1. The molecule has 3 rings (SSSR count). The van der Waals surface area contributed by atoms with Crippen molar-refractivity contribution in [2.45, 2.75) is 26.4 Å². The molecule has 0 aliphatic rings. The highest BCUT2D eigenvalue weighted by Crippen LogP contribution is 2.38. The molecule has 0 N–H and O–H groups in total. The fraction of sp³-hybridized carbons (Fsp3) is 0.182. The molecule has 0 aromatic heterocycles. The Labute approximate surface area is 152 Å². The lowest BCUT2D eigenvalue weighted by Gasteiger charge is -2.18. The largest absolute Gasteiger partial charge is 0.487 e. The lowest BCUT2D eigenvalue weighted by atomic mass is 9.96. The molecular weight excluding hydrogens is 360 g/mol. The van der Waals surface area contributed by atoms with Gasteiger partial charge in [0.15, 0.2) is 0 Å². The third kappa shape index (κ3) is 3.88. The third-order valence-corrected chi connectivity index (χ3v) is 4.62. The van der Waals surface area contributed by atoms with E-state index in [2.05, 4.69) is 78.3 Å². The molecule has 0 bridgehead atoms. The Hall–Kier alpha value is -2.06. The van der Waals surface area contributed by atoms with E-state index >= 15 is 0 Å². The molecule has 0 aliphatic heterocycles. The van der Waals surface area contributed by atoms with Gasteiger partial charge in [0.2, 0.25) is 0 Å². The SMILES string of the molecule is CC(C)c1cc(-c2ccccc2)cc(Br)c1OCc1ccccc1. The van der Waals surface area contributed by atoms with Crippen LogP contribution >= 0.6 is 15.9 Å². The van der Waals surface area contributed by atoms with E-state index in [1.54, 1.807) is 0 Å². The van der Waals surface area contributed by atoms with E-state index in [0.29, 0.717) is 12.5 Å². The average molecular weight is 381 g/mol. The van der Waals surface area contributed by atoms with Crippen molar-refractivity contribution >= 4 is 15.9 Å². The van der Waals surface area contributed by atoms with E-state index in [1.807, 2.05) is 24.3 Å². The second kappa shape index (κ2) is 7.67. The maximum Gasteiger partial charge on any atom is 0.137 e. The fourth-order valence-electron chi connectivity index (χ4n) is 2.72. The van der Waals surface area contributed by atoms with Crippen LogP contribution in [0.3, 0.4) is 0 Å². The van der Waals surface area contributed by atoms with E-state index < -0.39 is 0 Å². The number of hydrogen-bond acceptors (Lipinski definition) is 1. The van der Waals surface area contributed by atoms with Crippen LogP contribution in [0.5, 0.6) is 5.75 Å². The van der Waals surface area contributed by atoms with Gasteiger partial charge in [0.05, 0.1) is 4.47 Å². The van der Waals surface area contributed by atoms with E-state index in [0.717, 1.165) is 10.2 Å². The Morgan fingerprint density at radius 2 is 1.46 bits per heavy atom. The number of hydrogen-bond donors (Lipinski definition) is 0. The minimum Gasteiger partial charge on any atom is -0.487 e. The molecule has 0 spiro atoms. The van der Waals surface area contributed by atoms with Crippen LogP contribution in [0.1, 0.15) is 30.9 Å². The quantitative estimate of drug-likeness (QED) is 0.471. The van der Waals surface area contributed by atoms with Crippen LogP contribution in [0.4, 0.5) is 0 Å². The number of halogens is 1. The summed E-state index contributed by atoms with van der Waals surface area (Å²) in [6, 6.07) is 25.1. The van der Waals surface area contributed by atoms with Gasteiger partial charge in [-0.2, -0.15) is 0 Å². The van der Waals surface area contributed by atoms with Crippen molar-refractivity contribution in [1.82, 2.24) is 0 Å². The Balaban J connectivity index is 1.94. The summed E-state index contributed by atoms with van der Waals surface area (Å²) in [5, 5.41) is 0. The van der Waals surface area contributed by atoms with Crippen molar-refractivity contribution in [2.24, 2.45) is 0 Å². The number of rotatable bonds is 5. The summed E-state index contributed by atoms with van der Waals surface area (Å²) in [5.41, 5.74) is 4.82. The van der Waals surface area contributed by atoms with Crippen molar-refractivity contribution < 1.29 is 4.74 Å². The predicted molar refractivity (Wildman–Crippen MR) is 104 cm³/mol. The normalized spacial score (nSPS) is 10.8. The lowest BCUT2D eigenvalue weighted by Crippen LogP contribution is -2.01. The molecule has 3 aromatic rings. The van der Waals surface area contributed by atoms with Gasteiger partial charge in [-0.15, -0.1) is 0 Å². The van der Waals surface area contributed by atoms with E-state index in [9.17, 15) is 0 Å². The molecule has 122 valence electrons. The first-order valence-corrected chi connectivity index (χ1v) is 9.00. The summed E-state index contributed by atoms with van der Waals surface area (Å²) in [5.74, 6) is 1.32. The van der Waals surface area contributed by atoms with E-state index in [1.165, 1.54) is 22.3 Å². The van der Waals surface area contributed by atoms with Crippen LogP contribution in [0, 0.1) is 0 Å². The smallest absolute Gasteiger partial charge is 0.137 e. The van der Waals surface area contributed by atoms with Gasteiger partial charge in [-0.25, -0.2) is 0 Å². The molecule has 3 aromatic carbocycles. The first-order valence-electron chi connectivity index (χ1n) is 8.20. The monoisotopic (exact) mass is 380 g/mol. The minimum atomic E-state index is 0.385. The number of benzene rings is 3. The van der Waals surface area contributed by atoms with Crippen molar-refractivity contribution in [3.8, 4) is 16.9 Å². The van der Waals surface area contributed by atoms with Crippen LogP contribution in [-0.4, -0.2) is 0 Å². The van der Waals surface area contributed by atoms with E-state index in [-0.39, 0.29) is 0 Å². The Morgan fingerprint density at radius 1 is 0.833 bits per heavy atom. The molecule has 0 unspecified atom stereocenters. The zero-order chi connectivity index (χ0) is 16.9. The van der Waals surface area contributed by atoms with Crippen molar-refractivity contribution in [2.75, 3.05) is 0 Å². The lowest BCUT2D eigenvalue weighted by molar-refractivity contribution is 0.300. The molecule has 2 heteroatoms. The minimum absolute atomic E-state index is 0.385. The molecule has 0 amide bonds. The Kier molecular flexibility index (Phi) is 5.37. The second-order valence-electron chi connectivity index (χ2n) is 6.17. The standard InChI is InChI=1S/C22H21BrO/c1-16(2)20-13-19(18-11-7-4-8-12-18)14-21(23)22(20)24-15-17-9-5-3-6-10-17/h3-14,16H,15H2,1-2H3. The van der Waals surface area contributed by atoms with Gasteiger partial charge in [-0.1, -0.05) is 74.5 Å². The molecule has 0 aliphatic carbocycles. The summed E-state index contributed by atoms with van der Waals surface area (Å²) < 4.78 is 7.16. The molecule has 0 heterocycles. The summed E-state index contributed by atoms with van der Waals surface area (Å²) in [6.45, 7) is 4.97. The predicted octanol–water partition coefficient (Wildman–Crippen LogP) is 6.82. The van der Waals surface area contributed by atoms with Gasteiger partial charge in [-0.3, -0.25) is 0 Å². The molecule has 0 atom stereocenters. The summed E-state index contributed by atoms with van der Waals surface area (Å²) >= 11 is 3.71. The van der Waals surface area contributed by atoms with Gasteiger partial charge in [-0.05, 0) is 56.2 Å². The average Bonchev–Trinajstić information content (AvgIpc) is 2.61. The van der Waals surface area contributed by atoms with Gasteiger partial charge in [0.1, 0.15) is 12.4 Å². The molecular formula is C22H21BrO. The van der Waals surface area contributed by atoms with E-state index in [4.69, 9.17) is 4.74 Å². The molecule has 0 saturated carbocycles. The maximum atomic E-state index is 6.16. The molecule has 0 fully saturated rings.